The highest BCUT2D eigenvalue weighted by Gasteiger charge is 2.20. The summed E-state index contributed by atoms with van der Waals surface area (Å²) in [6.07, 6.45) is 2.56. The third-order valence-corrected chi connectivity index (χ3v) is 3.90. The Balaban J connectivity index is 2.36. The molecule has 1 aliphatic heterocycles. The average molecular weight is 236 g/mol. The molecule has 3 heteroatoms. The molecule has 0 saturated heterocycles. The lowest BCUT2D eigenvalue weighted by molar-refractivity contribution is 0.385. The maximum atomic E-state index is 3.61. The molecule has 1 aliphatic rings. The van der Waals surface area contributed by atoms with E-state index in [0.29, 0.717) is 4.28 Å². The molecule has 0 bridgehead atoms. The third kappa shape index (κ3) is 2.41. The minimum absolute atomic E-state index is 0.481. The minimum atomic E-state index is 0.481. The van der Waals surface area contributed by atoms with Gasteiger partial charge in [-0.3, -0.25) is 0 Å². The topological polar surface area (TPSA) is 3.24 Å². The SMILES string of the molecule is CCCCN1C(C)=CSC1Br. The van der Waals surface area contributed by atoms with Gasteiger partial charge in [0, 0.05) is 12.2 Å². The summed E-state index contributed by atoms with van der Waals surface area (Å²) in [6, 6.07) is 0. The fourth-order valence-electron chi connectivity index (χ4n) is 1.06. The predicted octanol–water partition coefficient (Wildman–Crippen LogP) is 3.38. The van der Waals surface area contributed by atoms with E-state index < -0.39 is 0 Å². The van der Waals surface area contributed by atoms with Gasteiger partial charge >= 0.3 is 0 Å². The van der Waals surface area contributed by atoms with Crippen LogP contribution in [0.3, 0.4) is 0 Å². The standard InChI is InChI=1S/C8H14BrNS/c1-3-4-5-10-7(2)6-11-8(10)9/h6,8H,3-5H2,1-2H3. The Morgan fingerprint density at radius 1 is 1.73 bits per heavy atom. The van der Waals surface area contributed by atoms with Crippen molar-refractivity contribution in [3.8, 4) is 0 Å². The van der Waals surface area contributed by atoms with Crippen LogP contribution in [-0.2, 0) is 0 Å². The fraction of sp³-hybridized carbons (Fsp3) is 0.750. The fourth-order valence-corrected chi connectivity index (χ4v) is 2.78. The molecule has 0 fully saturated rings. The number of alkyl halides is 1. The molecule has 0 N–H and O–H groups in total. The van der Waals surface area contributed by atoms with Gasteiger partial charge in [0.15, 0.2) is 0 Å². The molecule has 1 nitrogen and oxygen atoms in total. The first-order chi connectivity index (χ1) is 5.25. The van der Waals surface area contributed by atoms with Crippen LogP contribution in [0.15, 0.2) is 11.1 Å². The van der Waals surface area contributed by atoms with Gasteiger partial charge in [-0.1, -0.05) is 41.0 Å². The lowest BCUT2D eigenvalue weighted by Crippen LogP contribution is -2.23. The van der Waals surface area contributed by atoms with E-state index in [4.69, 9.17) is 0 Å². The Kier molecular flexibility index (Phi) is 3.79. The molecule has 1 heterocycles. The van der Waals surface area contributed by atoms with Gasteiger partial charge in [-0.05, 0) is 18.8 Å². The van der Waals surface area contributed by atoms with E-state index in [9.17, 15) is 0 Å². The van der Waals surface area contributed by atoms with Crippen LogP contribution in [0, 0.1) is 0 Å². The zero-order chi connectivity index (χ0) is 8.27. The number of thioether (sulfide) groups is 1. The molecule has 1 atom stereocenters. The molecule has 0 aliphatic carbocycles. The van der Waals surface area contributed by atoms with Gasteiger partial charge in [0.05, 0.1) is 0 Å². The second-order valence-electron chi connectivity index (χ2n) is 2.73. The Labute approximate surface area is 81.3 Å². The van der Waals surface area contributed by atoms with Crippen molar-refractivity contribution >= 4 is 27.7 Å². The molecule has 0 amide bonds. The summed E-state index contributed by atoms with van der Waals surface area (Å²) in [5, 5.41) is 2.22. The molecular weight excluding hydrogens is 222 g/mol. The van der Waals surface area contributed by atoms with Crippen LogP contribution < -0.4 is 0 Å². The summed E-state index contributed by atoms with van der Waals surface area (Å²) >= 11 is 5.46. The number of allylic oxidation sites excluding steroid dienone is 1. The van der Waals surface area contributed by atoms with Crippen molar-refractivity contribution in [2.45, 2.75) is 31.0 Å². The molecule has 0 saturated carbocycles. The maximum Gasteiger partial charge on any atom is 0.135 e. The van der Waals surface area contributed by atoms with E-state index in [0.717, 1.165) is 0 Å². The van der Waals surface area contributed by atoms with Crippen LogP contribution in [0.4, 0.5) is 0 Å². The molecule has 1 rings (SSSR count). The molecule has 0 radical (unpaired) electrons. The Bertz CT molecular complexity index is 158. The number of nitrogens with zero attached hydrogens (tertiary/aromatic N) is 1. The van der Waals surface area contributed by atoms with Crippen LogP contribution in [0.2, 0.25) is 0 Å². The van der Waals surface area contributed by atoms with Gasteiger partial charge in [0.25, 0.3) is 0 Å². The maximum absolute atomic E-state index is 3.61. The highest BCUT2D eigenvalue weighted by atomic mass is 79.9. The summed E-state index contributed by atoms with van der Waals surface area (Å²) in [4.78, 5) is 2.40. The molecule has 0 aromatic heterocycles. The van der Waals surface area contributed by atoms with E-state index in [-0.39, 0.29) is 0 Å². The van der Waals surface area contributed by atoms with Crippen molar-refractivity contribution in [3.63, 3.8) is 0 Å². The largest absolute Gasteiger partial charge is 0.353 e. The second kappa shape index (κ2) is 4.41. The van der Waals surface area contributed by atoms with Crippen LogP contribution in [0.25, 0.3) is 0 Å². The lowest BCUT2D eigenvalue weighted by Gasteiger charge is -2.23. The van der Waals surface area contributed by atoms with Crippen molar-refractivity contribution in [2.24, 2.45) is 0 Å². The number of unbranched alkanes of at least 4 members (excludes halogenated alkanes) is 1. The van der Waals surface area contributed by atoms with Gasteiger partial charge in [-0.2, -0.15) is 0 Å². The summed E-state index contributed by atoms with van der Waals surface area (Å²) < 4.78 is 0.481. The Morgan fingerprint density at radius 2 is 2.45 bits per heavy atom. The molecule has 1 unspecified atom stereocenters. The quantitative estimate of drug-likeness (QED) is 0.546. The van der Waals surface area contributed by atoms with Gasteiger partial charge in [0.1, 0.15) is 4.28 Å². The number of hydrogen-bond acceptors (Lipinski definition) is 2. The zero-order valence-corrected chi connectivity index (χ0v) is 9.41. The number of halogens is 1. The molecule has 0 aromatic carbocycles. The lowest BCUT2D eigenvalue weighted by atomic mass is 10.3. The van der Waals surface area contributed by atoms with Gasteiger partial charge < -0.3 is 4.90 Å². The average Bonchev–Trinajstić information content (AvgIpc) is 2.29. The monoisotopic (exact) mass is 235 g/mol. The van der Waals surface area contributed by atoms with E-state index >= 15 is 0 Å². The molecule has 64 valence electrons. The smallest absolute Gasteiger partial charge is 0.135 e. The molecule has 0 aromatic rings. The first kappa shape index (κ1) is 9.46. The summed E-state index contributed by atoms with van der Waals surface area (Å²) in [7, 11) is 0. The highest BCUT2D eigenvalue weighted by Crippen LogP contribution is 2.34. The summed E-state index contributed by atoms with van der Waals surface area (Å²) in [5.41, 5.74) is 1.39. The van der Waals surface area contributed by atoms with Crippen LogP contribution in [-0.4, -0.2) is 15.7 Å². The third-order valence-electron chi connectivity index (χ3n) is 1.80. The summed E-state index contributed by atoms with van der Waals surface area (Å²) in [5.74, 6) is 0. The van der Waals surface area contributed by atoms with E-state index in [1.165, 1.54) is 25.1 Å². The van der Waals surface area contributed by atoms with Gasteiger partial charge in [-0.15, -0.1) is 0 Å². The highest BCUT2D eigenvalue weighted by molar-refractivity contribution is 9.11. The second-order valence-corrected chi connectivity index (χ2v) is 5.16. The summed E-state index contributed by atoms with van der Waals surface area (Å²) in [6.45, 7) is 5.58. The predicted molar refractivity (Wildman–Crippen MR) is 55.7 cm³/mol. The molecule has 0 spiro atoms. The van der Waals surface area contributed by atoms with Crippen molar-refractivity contribution in [1.82, 2.24) is 4.90 Å². The first-order valence-corrected chi connectivity index (χ1v) is 5.84. The van der Waals surface area contributed by atoms with Crippen molar-refractivity contribution in [2.75, 3.05) is 6.54 Å². The minimum Gasteiger partial charge on any atom is -0.353 e. The number of hydrogen-bond donors (Lipinski definition) is 0. The normalized spacial score (nSPS) is 24.1. The van der Waals surface area contributed by atoms with Gasteiger partial charge in [0.2, 0.25) is 0 Å². The Morgan fingerprint density at radius 3 is 2.91 bits per heavy atom. The zero-order valence-electron chi connectivity index (χ0n) is 7.01. The Hall–Kier alpha value is 0.370. The van der Waals surface area contributed by atoms with Crippen molar-refractivity contribution in [3.05, 3.63) is 11.1 Å². The van der Waals surface area contributed by atoms with Crippen molar-refractivity contribution < 1.29 is 0 Å². The van der Waals surface area contributed by atoms with Gasteiger partial charge in [-0.25, -0.2) is 0 Å². The van der Waals surface area contributed by atoms with Crippen LogP contribution in [0.5, 0.6) is 0 Å². The van der Waals surface area contributed by atoms with Crippen molar-refractivity contribution in [1.29, 1.82) is 0 Å². The van der Waals surface area contributed by atoms with E-state index in [1.807, 2.05) is 11.8 Å². The van der Waals surface area contributed by atoms with E-state index in [2.05, 4.69) is 40.1 Å². The van der Waals surface area contributed by atoms with Crippen LogP contribution >= 0.6 is 27.7 Å². The molecule has 11 heavy (non-hydrogen) atoms. The first-order valence-electron chi connectivity index (χ1n) is 3.98. The van der Waals surface area contributed by atoms with Crippen LogP contribution in [0.1, 0.15) is 26.7 Å². The molecular formula is C8H14BrNS. The number of rotatable bonds is 3. The van der Waals surface area contributed by atoms with E-state index in [1.54, 1.807) is 0 Å².